The Labute approximate surface area is 126 Å². The molecule has 0 bridgehead atoms. The average Bonchev–Trinajstić information content (AvgIpc) is 2.91. The molecular formula is C12H15N3O4S2. The van der Waals surface area contributed by atoms with Crippen LogP contribution in [0.15, 0.2) is 23.1 Å². The first-order valence-corrected chi connectivity index (χ1v) is 8.54. The van der Waals surface area contributed by atoms with Crippen LogP contribution in [0.5, 0.6) is 0 Å². The molecule has 1 aromatic carbocycles. The van der Waals surface area contributed by atoms with Gasteiger partial charge in [0.2, 0.25) is 10.0 Å². The Morgan fingerprint density at radius 1 is 1.43 bits per heavy atom. The average molecular weight is 329 g/mol. The third kappa shape index (κ3) is 3.20. The Morgan fingerprint density at radius 3 is 2.76 bits per heavy atom. The van der Waals surface area contributed by atoms with Gasteiger partial charge in [0.15, 0.2) is 0 Å². The van der Waals surface area contributed by atoms with Crippen LogP contribution in [0.4, 0.5) is 0 Å². The maximum absolute atomic E-state index is 12.4. The lowest BCUT2D eigenvalue weighted by atomic mass is 10.0. The molecule has 0 saturated carbocycles. The van der Waals surface area contributed by atoms with Crippen molar-refractivity contribution in [1.29, 1.82) is 0 Å². The summed E-state index contributed by atoms with van der Waals surface area (Å²) in [5, 5.41) is 9.21. The van der Waals surface area contributed by atoms with Gasteiger partial charge >= 0.3 is 5.97 Å². The first kappa shape index (κ1) is 15.8. The molecule has 21 heavy (non-hydrogen) atoms. The Balaban J connectivity index is 2.42. The van der Waals surface area contributed by atoms with E-state index in [0.29, 0.717) is 11.9 Å². The smallest absolute Gasteiger partial charge is 0.322 e. The summed E-state index contributed by atoms with van der Waals surface area (Å²) in [4.78, 5) is 11.2. The predicted octanol–water partition coefficient (Wildman–Crippen LogP) is 1.47. The van der Waals surface area contributed by atoms with Gasteiger partial charge < -0.3 is 5.11 Å². The molecule has 0 radical (unpaired) electrons. The van der Waals surface area contributed by atoms with E-state index in [4.69, 9.17) is 0 Å². The first-order chi connectivity index (χ1) is 9.86. The minimum atomic E-state index is -3.98. The van der Waals surface area contributed by atoms with Crippen molar-refractivity contribution >= 4 is 38.8 Å². The van der Waals surface area contributed by atoms with E-state index in [0.717, 1.165) is 11.7 Å². The van der Waals surface area contributed by atoms with Gasteiger partial charge in [-0.3, -0.25) is 4.79 Å². The summed E-state index contributed by atoms with van der Waals surface area (Å²) in [6.07, 6.45) is 0.544. The van der Waals surface area contributed by atoms with E-state index >= 15 is 0 Å². The quantitative estimate of drug-likeness (QED) is 0.830. The van der Waals surface area contributed by atoms with Crippen molar-refractivity contribution < 1.29 is 18.3 Å². The van der Waals surface area contributed by atoms with Gasteiger partial charge in [0.25, 0.3) is 0 Å². The van der Waals surface area contributed by atoms with Gasteiger partial charge in [-0.25, -0.2) is 8.42 Å². The summed E-state index contributed by atoms with van der Waals surface area (Å²) in [7, 11) is -3.98. The van der Waals surface area contributed by atoms with E-state index in [1.54, 1.807) is 26.0 Å². The number of benzene rings is 1. The Bertz CT molecular complexity index is 757. The fraction of sp³-hybridized carbons (Fsp3) is 0.417. The minimum absolute atomic E-state index is 0.0525. The SMILES string of the molecule is CC[C@H](C)[C@H](NS(=O)(=O)c1cccc2nsnc12)C(=O)O. The summed E-state index contributed by atoms with van der Waals surface area (Å²) in [6.45, 7) is 3.49. The summed E-state index contributed by atoms with van der Waals surface area (Å²) < 4.78 is 35.1. The fourth-order valence-corrected chi connectivity index (χ4v) is 3.94. The number of hydrogen-bond donors (Lipinski definition) is 2. The molecule has 0 aliphatic carbocycles. The highest BCUT2D eigenvalue weighted by molar-refractivity contribution is 7.89. The molecule has 0 aliphatic rings. The van der Waals surface area contributed by atoms with Gasteiger partial charge in [-0.2, -0.15) is 13.5 Å². The van der Waals surface area contributed by atoms with Crippen LogP contribution in [-0.2, 0) is 14.8 Å². The second kappa shape index (κ2) is 6.04. The first-order valence-electron chi connectivity index (χ1n) is 6.33. The zero-order chi connectivity index (χ0) is 15.6. The highest BCUT2D eigenvalue weighted by Crippen LogP contribution is 2.22. The van der Waals surface area contributed by atoms with Crippen LogP contribution in [0.1, 0.15) is 20.3 Å². The standard InChI is InChI=1S/C12H15N3O4S2/c1-3-7(2)10(12(16)17)15-21(18,19)9-6-4-5-8-11(9)14-20-13-8/h4-7,10,15H,3H2,1-2H3,(H,16,17)/t7-,10-/m0/s1. The molecule has 2 atom stereocenters. The topological polar surface area (TPSA) is 109 Å². The van der Waals surface area contributed by atoms with Gasteiger partial charge in [0.05, 0.1) is 11.7 Å². The number of carboxylic acid groups (broad SMARTS) is 1. The Morgan fingerprint density at radius 2 is 2.14 bits per heavy atom. The van der Waals surface area contributed by atoms with Gasteiger partial charge in [-0.05, 0) is 18.1 Å². The normalized spacial score (nSPS) is 15.0. The van der Waals surface area contributed by atoms with Gasteiger partial charge in [-0.15, -0.1) is 0 Å². The van der Waals surface area contributed by atoms with Crippen molar-refractivity contribution in [2.45, 2.75) is 31.2 Å². The number of nitrogens with one attached hydrogen (secondary N) is 1. The predicted molar refractivity (Wildman–Crippen MR) is 78.6 cm³/mol. The molecule has 0 fully saturated rings. The molecule has 0 saturated heterocycles. The van der Waals surface area contributed by atoms with Crippen molar-refractivity contribution in [3.63, 3.8) is 0 Å². The molecule has 0 unspecified atom stereocenters. The molecular weight excluding hydrogens is 314 g/mol. The largest absolute Gasteiger partial charge is 0.480 e. The molecule has 0 spiro atoms. The van der Waals surface area contributed by atoms with Crippen molar-refractivity contribution in [3.05, 3.63) is 18.2 Å². The third-order valence-corrected chi connectivity index (χ3v) is 5.31. The monoisotopic (exact) mass is 329 g/mol. The number of aromatic nitrogens is 2. The van der Waals surface area contributed by atoms with Crippen molar-refractivity contribution in [2.24, 2.45) is 5.92 Å². The molecule has 9 heteroatoms. The van der Waals surface area contributed by atoms with Crippen LogP contribution in [0.2, 0.25) is 0 Å². The Kier molecular flexibility index (Phi) is 4.55. The molecule has 1 aromatic heterocycles. The van der Waals surface area contributed by atoms with Crippen LogP contribution in [0.25, 0.3) is 11.0 Å². The van der Waals surface area contributed by atoms with Crippen molar-refractivity contribution in [1.82, 2.24) is 13.5 Å². The second-order valence-corrected chi connectivity index (χ2v) is 6.92. The molecule has 2 rings (SSSR count). The molecule has 2 aromatic rings. The second-order valence-electron chi connectivity index (χ2n) is 4.71. The highest BCUT2D eigenvalue weighted by atomic mass is 32.2. The number of sulfonamides is 1. The third-order valence-electron chi connectivity index (χ3n) is 3.30. The molecule has 7 nitrogen and oxygen atoms in total. The summed E-state index contributed by atoms with van der Waals surface area (Å²) >= 11 is 0.911. The number of rotatable bonds is 6. The maximum Gasteiger partial charge on any atom is 0.322 e. The highest BCUT2D eigenvalue weighted by Gasteiger charge is 2.30. The maximum atomic E-state index is 12.4. The number of fused-ring (bicyclic) bond motifs is 1. The summed E-state index contributed by atoms with van der Waals surface area (Å²) in [5.74, 6) is -1.53. The van der Waals surface area contributed by atoms with Gasteiger partial charge in [0, 0.05) is 0 Å². The van der Waals surface area contributed by atoms with E-state index in [1.165, 1.54) is 6.07 Å². The van der Waals surface area contributed by atoms with Gasteiger partial charge in [0.1, 0.15) is 22.0 Å². The van der Waals surface area contributed by atoms with E-state index in [9.17, 15) is 18.3 Å². The molecule has 1 heterocycles. The lowest BCUT2D eigenvalue weighted by Crippen LogP contribution is -2.44. The van der Waals surface area contributed by atoms with Crippen molar-refractivity contribution in [3.8, 4) is 0 Å². The van der Waals surface area contributed by atoms with E-state index < -0.39 is 22.0 Å². The van der Waals surface area contributed by atoms with Crippen LogP contribution in [0.3, 0.4) is 0 Å². The van der Waals surface area contributed by atoms with E-state index in [1.807, 2.05) is 0 Å². The number of hydrogen-bond acceptors (Lipinski definition) is 6. The lowest BCUT2D eigenvalue weighted by Gasteiger charge is -2.20. The molecule has 0 amide bonds. The van der Waals surface area contributed by atoms with Crippen LogP contribution in [-0.4, -0.2) is 34.3 Å². The van der Waals surface area contributed by atoms with Crippen LogP contribution < -0.4 is 4.72 Å². The van der Waals surface area contributed by atoms with Crippen molar-refractivity contribution in [2.75, 3.05) is 0 Å². The minimum Gasteiger partial charge on any atom is -0.480 e. The Hall–Kier alpha value is -1.58. The number of aliphatic carboxylic acids is 1. The molecule has 0 aliphatic heterocycles. The summed E-state index contributed by atoms with van der Waals surface area (Å²) in [6, 6.07) is 3.42. The molecule has 2 N–H and O–H groups in total. The van der Waals surface area contributed by atoms with Crippen LogP contribution in [0, 0.1) is 5.92 Å². The summed E-state index contributed by atoms with van der Waals surface area (Å²) in [5.41, 5.74) is 0.724. The lowest BCUT2D eigenvalue weighted by molar-refractivity contribution is -0.140. The number of carboxylic acids is 1. The zero-order valence-corrected chi connectivity index (χ0v) is 13.1. The van der Waals surface area contributed by atoms with E-state index in [2.05, 4.69) is 13.5 Å². The zero-order valence-electron chi connectivity index (χ0n) is 11.5. The number of carbonyl (C=O) groups is 1. The van der Waals surface area contributed by atoms with Gasteiger partial charge in [-0.1, -0.05) is 26.3 Å². The van der Waals surface area contributed by atoms with E-state index in [-0.39, 0.29) is 16.3 Å². The molecule has 114 valence electrons. The fourth-order valence-electron chi connectivity index (χ4n) is 1.87. The number of nitrogens with zero attached hydrogens (tertiary/aromatic N) is 2. The van der Waals surface area contributed by atoms with Crippen LogP contribution >= 0.6 is 11.7 Å².